The van der Waals surface area contributed by atoms with E-state index in [1.807, 2.05) is 13.0 Å². The number of nitrogens with one attached hydrogen (secondary N) is 2. The number of rotatable bonds is 6. The van der Waals surface area contributed by atoms with Crippen molar-refractivity contribution in [2.45, 2.75) is 25.0 Å². The fraction of sp³-hybridized carbons (Fsp3) is 0.529. The van der Waals surface area contributed by atoms with Crippen LogP contribution in [0.15, 0.2) is 24.3 Å². The zero-order valence-corrected chi connectivity index (χ0v) is 15.8. The summed E-state index contributed by atoms with van der Waals surface area (Å²) in [6.07, 6.45) is 0.639. The first kappa shape index (κ1) is 20.0. The number of amides is 3. The molecule has 9 heteroatoms. The van der Waals surface area contributed by atoms with Gasteiger partial charge in [0.1, 0.15) is 11.5 Å². The number of benzene rings is 1. The first-order valence-corrected chi connectivity index (χ1v) is 10.3. The predicted octanol–water partition coefficient (Wildman–Crippen LogP) is 1.24. The van der Waals surface area contributed by atoms with Gasteiger partial charge in [-0.25, -0.2) is 13.2 Å². The van der Waals surface area contributed by atoms with Crippen LogP contribution >= 0.6 is 0 Å². The molecule has 0 bridgehead atoms. The molecule has 0 radical (unpaired) electrons. The smallest absolute Gasteiger partial charge is 0.321 e. The molecule has 2 N–H and O–H groups in total. The minimum Gasteiger partial charge on any atom is -0.492 e. The van der Waals surface area contributed by atoms with Crippen molar-refractivity contribution in [1.82, 2.24) is 10.2 Å². The van der Waals surface area contributed by atoms with E-state index >= 15 is 0 Å². The van der Waals surface area contributed by atoms with E-state index in [0.29, 0.717) is 44.0 Å². The molecule has 1 heterocycles. The summed E-state index contributed by atoms with van der Waals surface area (Å²) in [5.41, 5.74) is 0.578. The number of carbonyl (C=O) groups is 2. The highest BCUT2D eigenvalue weighted by Gasteiger charge is 2.32. The standard InChI is InChI=1S/C17H25N3O5S/c1-3-25-15-7-5-4-6-14(15)19-17(22)20-10-8-13(9-11-20)26(23,24)12-16(21)18-2/h4-7,13H,3,8-12H2,1-2H3,(H,18,21)(H,19,22). The zero-order chi connectivity index (χ0) is 19.2. The molecule has 1 aromatic rings. The molecule has 0 spiro atoms. The van der Waals surface area contributed by atoms with Gasteiger partial charge < -0.3 is 20.3 Å². The van der Waals surface area contributed by atoms with E-state index in [4.69, 9.17) is 4.74 Å². The SMILES string of the molecule is CCOc1ccccc1NC(=O)N1CCC(S(=O)(=O)CC(=O)NC)CC1. The molecule has 0 atom stereocenters. The summed E-state index contributed by atoms with van der Waals surface area (Å²) in [5.74, 6) is -0.439. The van der Waals surface area contributed by atoms with Crippen LogP contribution in [0.25, 0.3) is 0 Å². The van der Waals surface area contributed by atoms with E-state index in [1.54, 1.807) is 23.1 Å². The maximum atomic E-state index is 12.5. The van der Waals surface area contributed by atoms with Crippen LogP contribution in [0.3, 0.4) is 0 Å². The van der Waals surface area contributed by atoms with Gasteiger partial charge in [0.25, 0.3) is 0 Å². The maximum Gasteiger partial charge on any atom is 0.321 e. The van der Waals surface area contributed by atoms with E-state index in [1.165, 1.54) is 7.05 Å². The molecule has 3 amide bonds. The van der Waals surface area contributed by atoms with Gasteiger partial charge in [-0.15, -0.1) is 0 Å². The molecule has 2 rings (SSSR count). The van der Waals surface area contributed by atoms with E-state index in [9.17, 15) is 18.0 Å². The van der Waals surface area contributed by atoms with Crippen molar-refractivity contribution >= 4 is 27.5 Å². The third kappa shape index (κ3) is 5.10. The summed E-state index contributed by atoms with van der Waals surface area (Å²) < 4.78 is 30.0. The van der Waals surface area contributed by atoms with Gasteiger partial charge >= 0.3 is 6.03 Å². The molecule has 0 saturated carbocycles. The number of likely N-dealkylation sites (tertiary alicyclic amines) is 1. The zero-order valence-electron chi connectivity index (χ0n) is 15.0. The van der Waals surface area contributed by atoms with E-state index in [-0.39, 0.29) is 6.03 Å². The monoisotopic (exact) mass is 383 g/mol. The fourth-order valence-electron chi connectivity index (χ4n) is 2.84. The van der Waals surface area contributed by atoms with Crippen molar-refractivity contribution in [3.05, 3.63) is 24.3 Å². The molecule has 144 valence electrons. The molecule has 0 unspecified atom stereocenters. The molecule has 1 aliphatic heterocycles. The molecular formula is C17H25N3O5S. The Kier molecular flexibility index (Phi) is 6.84. The Hall–Kier alpha value is -2.29. The van der Waals surface area contributed by atoms with Gasteiger partial charge in [-0.05, 0) is 31.9 Å². The molecule has 1 fully saturated rings. The van der Waals surface area contributed by atoms with E-state index < -0.39 is 26.7 Å². The second-order valence-electron chi connectivity index (χ2n) is 6.03. The lowest BCUT2D eigenvalue weighted by molar-refractivity contribution is -0.118. The van der Waals surface area contributed by atoms with Gasteiger partial charge in [-0.3, -0.25) is 4.79 Å². The predicted molar refractivity (Wildman–Crippen MR) is 99.1 cm³/mol. The number of sulfone groups is 1. The second kappa shape index (κ2) is 8.88. The fourth-order valence-corrected chi connectivity index (χ4v) is 4.51. The van der Waals surface area contributed by atoms with Gasteiger partial charge in [0.05, 0.1) is 17.5 Å². The normalized spacial score (nSPS) is 15.4. The number of hydrogen-bond donors (Lipinski definition) is 2. The number of para-hydroxylation sites is 2. The Morgan fingerprint density at radius 2 is 1.88 bits per heavy atom. The van der Waals surface area contributed by atoms with Crippen LogP contribution in [0.2, 0.25) is 0 Å². The van der Waals surface area contributed by atoms with Crippen molar-refractivity contribution < 1.29 is 22.7 Å². The molecule has 26 heavy (non-hydrogen) atoms. The maximum absolute atomic E-state index is 12.5. The van der Waals surface area contributed by atoms with Crippen molar-refractivity contribution in [2.75, 3.05) is 37.8 Å². The van der Waals surface area contributed by atoms with Crippen LogP contribution in [0.4, 0.5) is 10.5 Å². The molecule has 8 nitrogen and oxygen atoms in total. The molecule has 0 aromatic heterocycles. The summed E-state index contributed by atoms with van der Waals surface area (Å²) >= 11 is 0. The van der Waals surface area contributed by atoms with Crippen molar-refractivity contribution in [3.8, 4) is 5.75 Å². The average Bonchev–Trinajstić information content (AvgIpc) is 2.63. The third-order valence-electron chi connectivity index (χ3n) is 4.28. The van der Waals surface area contributed by atoms with Crippen molar-refractivity contribution in [3.63, 3.8) is 0 Å². The number of anilines is 1. The first-order chi connectivity index (χ1) is 12.4. The second-order valence-corrected chi connectivity index (χ2v) is 8.31. The number of piperidine rings is 1. The number of hydrogen-bond acceptors (Lipinski definition) is 5. The van der Waals surface area contributed by atoms with E-state index in [2.05, 4.69) is 10.6 Å². The average molecular weight is 383 g/mol. The highest BCUT2D eigenvalue weighted by atomic mass is 32.2. The lowest BCUT2D eigenvalue weighted by Crippen LogP contribution is -2.45. The minimum absolute atomic E-state index is 0.292. The topological polar surface area (TPSA) is 105 Å². The van der Waals surface area contributed by atoms with Crippen LogP contribution in [0.5, 0.6) is 5.75 Å². The number of carbonyl (C=O) groups excluding carboxylic acids is 2. The number of urea groups is 1. The van der Waals surface area contributed by atoms with Crippen LogP contribution in [-0.4, -0.2) is 63.0 Å². The Morgan fingerprint density at radius 3 is 2.50 bits per heavy atom. The van der Waals surface area contributed by atoms with Gasteiger partial charge in [0.2, 0.25) is 5.91 Å². The van der Waals surface area contributed by atoms with Crippen LogP contribution in [-0.2, 0) is 14.6 Å². The molecule has 1 aromatic carbocycles. The largest absolute Gasteiger partial charge is 0.492 e. The first-order valence-electron chi connectivity index (χ1n) is 8.57. The third-order valence-corrected chi connectivity index (χ3v) is 6.43. The minimum atomic E-state index is -3.51. The molecule has 1 saturated heterocycles. The summed E-state index contributed by atoms with van der Waals surface area (Å²) in [4.78, 5) is 25.4. The van der Waals surface area contributed by atoms with Crippen LogP contribution in [0, 0.1) is 0 Å². The summed E-state index contributed by atoms with van der Waals surface area (Å²) in [7, 11) is -2.10. The lowest BCUT2D eigenvalue weighted by atomic mass is 10.1. The number of nitrogens with zero attached hydrogens (tertiary/aromatic N) is 1. The Morgan fingerprint density at radius 1 is 1.23 bits per heavy atom. The molecule has 0 aliphatic carbocycles. The van der Waals surface area contributed by atoms with Gasteiger partial charge in [0.15, 0.2) is 9.84 Å². The number of ether oxygens (including phenoxy) is 1. The van der Waals surface area contributed by atoms with Gasteiger partial charge in [0, 0.05) is 20.1 Å². The quantitative estimate of drug-likeness (QED) is 0.769. The highest BCUT2D eigenvalue weighted by molar-refractivity contribution is 7.92. The van der Waals surface area contributed by atoms with Crippen LogP contribution in [0.1, 0.15) is 19.8 Å². The van der Waals surface area contributed by atoms with Gasteiger partial charge in [-0.2, -0.15) is 0 Å². The Balaban J connectivity index is 1.93. The summed E-state index contributed by atoms with van der Waals surface area (Å²) in [5, 5.41) is 4.54. The Bertz CT molecular complexity index is 743. The summed E-state index contributed by atoms with van der Waals surface area (Å²) in [6.45, 7) is 2.99. The van der Waals surface area contributed by atoms with Crippen molar-refractivity contribution in [1.29, 1.82) is 0 Å². The van der Waals surface area contributed by atoms with Gasteiger partial charge in [-0.1, -0.05) is 12.1 Å². The molecular weight excluding hydrogens is 358 g/mol. The van der Waals surface area contributed by atoms with Crippen molar-refractivity contribution in [2.24, 2.45) is 0 Å². The Labute approximate surface area is 153 Å². The lowest BCUT2D eigenvalue weighted by Gasteiger charge is -2.31. The summed E-state index contributed by atoms with van der Waals surface area (Å²) in [6, 6.07) is 6.86. The van der Waals surface area contributed by atoms with E-state index in [0.717, 1.165) is 0 Å². The molecule has 1 aliphatic rings. The van der Waals surface area contributed by atoms with Crippen LogP contribution < -0.4 is 15.4 Å². The highest BCUT2D eigenvalue weighted by Crippen LogP contribution is 2.25.